The average molecular weight is 366 g/mol. The second kappa shape index (κ2) is 4.37. The smallest absolute Gasteiger partial charge is 0.165 e. The van der Waals surface area contributed by atoms with Crippen molar-refractivity contribution in [3.05, 3.63) is 35.4 Å². The molecule has 3 aliphatic heterocycles. The molecule has 7 atom stereocenters. The molecule has 8 rings (SSSR count). The minimum absolute atomic E-state index is 0.0468. The molecule has 0 radical (unpaired) electrons. The first kappa shape index (κ1) is 15.4. The zero-order valence-electron chi connectivity index (χ0n) is 15.9. The number of aromatic hydroxyl groups is 1. The van der Waals surface area contributed by atoms with Gasteiger partial charge >= 0.3 is 0 Å². The third-order valence-corrected chi connectivity index (χ3v) is 9.27. The summed E-state index contributed by atoms with van der Waals surface area (Å²) in [4.78, 5) is 2.58. The van der Waals surface area contributed by atoms with Crippen LogP contribution in [0.25, 0.3) is 0 Å². The van der Waals surface area contributed by atoms with Crippen molar-refractivity contribution in [1.29, 1.82) is 0 Å². The highest BCUT2D eigenvalue weighted by atomic mass is 16.6. The molecule has 2 N–H and O–H groups in total. The van der Waals surface area contributed by atoms with Crippen LogP contribution >= 0.6 is 0 Å². The highest BCUT2D eigenvalue weighted by Crippen LogP contribution is 2.76. The molecular weight excluding hydrogens is 340 g/mol. The maximum Gasteiger partial charge on any atom is 0.165 e. The van der Waals surface area contributed by atoms with Crippen LogP contribution in [0.5, 0.6) is 11.5 Å². The lowest BCUT2D eigenvalue weighted by molar-refractivity contribution is -0.230. The van der Waals surface area contributed by atoms with E-state index in [0.29, 0.717) is 23.6 Å². The van der Waals surface area contributed by atoms with Crippen molar-refractivity contribution < 1.29 is 14.6 Å². The van der Waals surface area contributed by atoms with Gasteiger partial charge < -0.3 is 24.8 Å². The zero-order chi connectivity index (χ0) is 18.2. The Morgan fingerprint density at radius 3 is 2.96 bits per heavy atom. The summed E-state index contributed by atoms with van der Waals surface area (Å²) >= 11 is 0. The summed E-state index contributed by atoms with van der Waals surface area (Å²) in [5.41, 5.74) is 2.20. The highest BCUT2D eigenvalue weighted by Gasteiger charge is 2.82. The Kier molecular flexibility index (Phi) is 2.49. The SMILES string of the molecule is CO[C@]12C=C[C@@]3([C@@H]4CNC[C@@H]41)[C@H]1Cc4ccc(O)c5c4[C@@]3(CCN1C)[C@H]2O5. The van der Waals surface area contributed by atoms with E-state index in [2.05, 4.69) is 35.5 Å². The van der Waals surface area contributed by atoms with Gasteiger partial charge in [-0.3, -0.25) is 0 Å². The number of benzene rings is 1. The van der Waals surface area contributed by atoms with Crippen LogP contribution in [0.1, 0.15) is 17.5 Å². The number of phenolic OH excluding ortho intramolecular Hbond substituents is 1. The molecule has 142 valence electrons. The minimum atomic E-state index is -0.420. The van der Waals surface area contributed by atoms with Gasteiger partial charge in [-0.05, 0) is 50.5 Å². The molecule has 1 aromatic rings. The molecule has 0 aromatic heterocycles. The van der Waals surface area contributed by atoms with Crippen LogP contribution in [0.3, 0.4) is 0 Å². The van der Waals surface area contributed by atoms with Gasteiger partial charge in [-0.2, -0.15) is 0 Å². The summed E-state index contributed by atoms with van der Waals surface area (Å²) in [6, 6.07) is 4.43. The van der Waals surface area contributed by atoms with E-state index in [0.717, 1.165) is 38.2 Å². The molecule has 0 unspecified atom stereocenters. The monoisotopic (exact) mass is 366 g/mol. The van der Waals surface area contributed by atoms with E-state index < -0.39 is 5.60 Å². The van der Waals surface area contributed by atoms with Crippen molar-refractivity contribution in [2.75, 3.05) is 33.8 Å². The number of hydrogen-bond acceptors (Lipinski definition) is 5. The van der Waals surface area contributed by atoms with Crippen LogP contribution in [0.4, 0.5) is 0 Å². The molecule has 27 heavy (non-hydrogen) atoms. The van der Waals surface area contributed by atoms with Crippen LogP contribution in [0.15, 0.2) is 24.3 Å². The van der Waals surface area contributed by atoms with Gasteiger partial charge in [0.15, 0.2) is 11.5 Å². The predicted molar refractivity (Wildman–Crippen MR) is 100 cm³/mol. The van der Waals surface area contributed by atoms with Crippen molar-refractivity contribution in [1.82, 2.24) is 10.2 Å². The predicted octanol–water partition coefficient (Wildman–Crippen LogP) is 1.44. The average Bonchev–Trinajstić information content (AvgIpc) is 3.31. The van der Waals surface area contributed by atoms with E-state index in [4.69, 9.17) is 9.47 Å². The second-order valence-corrected chi connectivity index (χ2v) is 9.56. The van der Waals surface area contributed by atoms with Crippen LogP contribution in [-0.4, -0.2) is 61.5 Å². The van der Waals surface area contributed by atoms with Gasteiger partial charge in [-0.25, -0.2) is 0 Å². The molecule has 5 nitrogen and oxygen atoms in total. The maximum absolute atomic E-state index is 10.7. The van der Waals surface area contributed by atoms with Crippen LogP contribution < -0.4 is 10.1 Å². The van der Waals surface area contributed by atoms with Crippen LogP contribution in [-0.2, 0) is 16.6 Å². The van der Waals surface area contributed by atoms with E-state index in [-0.39, 0.29) is 16.9 Å². The maximum atomic E-state index is 10.7. The molecule has 2 saturated heterocycles. The van der Waals surface area contributed by atoms with E-state index in [1.165, 1.54) is 11.1 Å². The number of nitrogens with one attached hydrogen (secondary N) is 1. The number of piperidine rings is 1. The number of likely N-dealkylation sites (N-methyl/N-ethyl adjacent to an activating group) is 1. The van der Waals surface area contributed by atoms with E-state index in [1.54, 1.807) is 0 Å². The molecule has 7 aliphatic rings. The van der Waals surface area contributed by atoms with E-state index in [1.807, 2.05) is 13.2 Å². The number of hydrogen-bond donors (Lipinski definition) is 2. The first-order chi connectivity index (χ1) is 13.1. The zero-order valence-corrected chi connectivity index (χ0v) is 15.9. The third kappa shape index (κ3) is 1.27. The van der Waals surface area contributed by atoms with Gasteiger partial charge in [0, 0.05) is 36.6 Å². The van der Waals surface area contributed by atoms with Crippen molar-refractivity contribution in [3.63, 3.8) is 0 Å². The number of ether oxygens (including phenoxy) is 2. The molecule has 2 spiro atoms. The summed E-state index contributed by atoms with van der Waals surface area (Å²) < 4.78 is 13.0. The molecule has 0 amide bonds. The molecule has 3 fully saturated rings. The molecule has 1 aromatic carbocycles. The van der Waals surface area contributed by atoms with Crippen molar-refractivity contribution >= 4 is 0 Å². The number of likely N-dealkylation sites (tertiary alicyclic amines) is 1. The first-order valence-electron chi connectivity index (χ1n) is 10.3. The fourth-order valence-corrected chi connectivity index (χ4v) is 8.45. The Labute approximate surface area is 159 Å². The quantitative estimate of drug-likeness (QED) is 0.737. The van der Waals surface area contributed by atoms with Gasteiger partial charge in [0.2, 0.25) is 0 Å². The van der Waals surface area contributed by atoms with Crippen molar-refractivity contribution in [2.45, 2.75) is 36.0 Å². The Morgan fingerprint density at radius 2 is 2.11 bits per heavy atom. The van der Waals surface area contributed by atoms with Gasteiger partial charge in [-0.15, -0.1) is 0 Å². The van der Waals surface area contributed by atoms with E-state index in [9.17, 15) is 5.11 Å². The molecule has 4 bridgehead atoms. The molecule has 5 heteroatoms. The lowest BCUT2D eigenvalue weighted by atomic mass is 9.34. The first-order valence-corrected chi connectivity index (χ1v) is 10.3. The number of phenols is 1. The van der Waals surface area contributed by atoms with E-state index >= 15 is 0 Å². The number of methoxy groups -OCH3 is 1. The Morgan fingerprint density at radius 1 is 1.26 bits per heavy atom. The normalized spacial score (nSPS) is 50.4. The lowest BCUT2D eigenvalue weighted by Gasteiger charge is -2.73. The van der Waals surface area contributed by atoms with Crippen LogP contribution in [0, 0.1) is 17.3 Å². The Bertz CT molecular complexity index is 915. The molecule has 1 saturated carbocycles. The van der Waals surface area contributed by atoms with Gasteiger partial charge in [0.25, 0.3) is 0 Å². The number of rotatable bonds is 1. The second-order valence-electron chi connectivity index (χ2n) is 9.56. The summed E-state index contributed by atoms with van der Waals surface area (Å²) in [6.07, 6.45) is 6.90. The summed E-state index contributed by atoms with van der Waals surface area (Å²) in [7, 11) is 4.14. The van der Waals surface area contributed by atoms with Crippen LogP contribution in [0.2, 0.25) is 0 Å². The molecule has 4 aliphatic carbocycles. The van der Waals surface area contributed by atoms with Gasteiger partial charge in [0.1, 0.15) is 11.7 Å². The Hall–Kier alpha value is -1.56. The highest BCUT2D eigenvalue weighted by molar-refractivity contribution is 5.65. The third-order valence-electron chi connectivity index (χ3n) is 9.27. The Balaban J connectivity index is 1.64. The fourth-order valence-electron chi connectivity index (χ4n) is 8.45. The lowest BCUT2D eigenvalue weighted by Crippen LogP contribution is -2.81. The topological polar surface area (TPSA) is 54.0 Å². The largest absolute Gasteiger partial charge is 0.504 e. The minimum Gasteiger partial charge on any atom is -0.504 e. The van der Waals surface area contributed by atoms with Gasteiger partial charge in [-0.1, -0.05) is 18.2 Å². The van der Waals surface area contributed by atoms with Crippen molar-refractivity contribution in [2.24, 2.45) is 17.3 Å². The number of nitrogens with zero attached hydrogens (tertiary/aromatic N) is 1. The standard InChI is InChI=1S/C22H26N2O3/c1-24-8-7-21-17-12-3-4-15(25)18(17)27-19(21)22(26-2)6-5-20(21,16(24)9-12)13-10-23-11-14(13)22/h3-6,13-14,16,19,23,25H,7-11H2,1-2H3/t13-,14+,16-,19-,20-,21+,22-/m1/s1. The summed E-state index contributed by atoms with van der Waals surface area (Å²) in [5.74, 6) is 1.98. The van der Waals surface area contributed by atoms with Crippen molar-refractivity contribution in [3.8, 4) is 11.5 Å². The molecular formula is C22H26N2O3. The molecule has 3 heterocycles. The summed E-state index contributed by atoms with van der Waals surface area (Å²) in [5, 5.41) is 14.4. The van der Waals surface area contributed by atoms with Gasteiger partial charge in [0.05, 0.1) is 5.41 Å². The summed E-state index contributed by atoms with van der Waals surface area (Å²) in [6.45, 7) is 3.09. The fraction of sp³-hybridized carbons (Fsp3) is 0.636.